The van der Waals surface area contributed by atoms with Crippen LogP contribution in [-0.4, -0.2) is 10.4 Å². The normalized spacial score (nSPS) is 10.8. The van der Waals surface area contributed by atoms with Gasteiger partial charge < -0.3 is 4.42 Å². The van der Waals surface area contributed by atoms with Gasteiger partial charge >= 0.3 is 5.76 Å². The van der Waals surface area contributed by atoms with E-state index < -0.39 is 5.76 Å². The number of halogens is 1. The van der Waals surface area contributed by atoms with E-state index in [4.69, 9.17) is 9.68 Å². The molecule has 142 valence electrons. The average Bonchev–Trinajstić information content (AvgIpc) is 3.03. The van der Waals surface area contributed by atoms with Crippen molar-refractivity contribution in [1.82, 2.24) is 4.57 Å². The SMILES string of the molecule is Cc1ccc(C(=O)c2ccc3c(c2)oc(=O)n3Cc2ccc(C#N)cc2Br)cc1. The first-order valence-corrected chi connectivity index (χ1v) is 9.69. The predicted molar refractivity (Wildman–Crippen MR) is 113 cm³/mol. The summed E-state index contributed by atoms with van der Waals surface area (Å²) in [5, 5.41) is 8.99. The minimum absolute atomic E-state index is 0.128. The van der Waals surface area contributed by atoms with Gasteiger partial charge in [-0.25, -0.2) is 4.79 Å². The molecule has 0 aliphatic rings. The second-order valence-corrected chi connectivity index (χ2v) is 7.60. The van der Waals surface area contributed by atoms with E-state index in [1.54, 1.807) is 48.5 Å². The predicted octanol–water partition coefficient (Wildman–Crippen LogP) is 4.82. The van der Waals surface area contributed by atoms with Gasteiger partial charge in [0.1, 0.15) is 0 Å². The maximum atomic E-state index is 12.7. The van der Waals surface area contributed by atoms with Crippen LogP contribution in [0, 0.1) is 18.3 Å². The zero-order valence-corrected chi connectivity index (χ0v) is 17.1. The monoisotopic (exact) mass is 446 g/mol. The fourth-order valence-electron chi connectivity index (χ4n) is 3.14. The Morgan fingerprint density at radius 2 is 1.79 bits per heavy atom. The number of carbonyl (C=O) groups is 1. The van der Waals surface area contributed by atoms with Crippen molar-refractivity contribution in [3.63, 3.8) is 0 Å². The Balaban J connectivity index is 1.70. The maximum absolute atomic E-state index is 12.7. The van der Waals surface area contributed by atoms with Crippen molar-refractivity contribution in [2.24, 2.45) is 0 Å². The molecular weight excluding hydrogens is 432 g/mol. The number of nitrogens with zero attached hydrogens (tertiary/aromatic N) is 2. The van der Waals surface area contributed by atoms with Crippen LogP contribution in [0.25, 0.3) is 11.1 Å². The molecule has 0 spiro atoms. The second kappa shape index (κ2) is 7.53. The van der Waals surface area contributed by atoms with Crippen LogP contribution in [0.15, 0.2) is 74.3 Å². The molecule has 0 saturated heterocycles. The molecule has 6 heteroatoms. The molecule has 0 amide bonds. The number of aromatic nitrogens is 1. The lowest BCUT2D eigenvalue weighted by Crippen LogP contribution is -2.15. The molecule has 4 rings (SSSR count). The summed E-state index contributed by atoms with van der Waals surface area (Å²) in [5.41, 5.74) is 4.46. The highest BCUT2D eigenvalue weighted by atomic mass is 79.9. The molecule has 3 aromatic carbocycles. The molecule has 0 saturated carbocycles. The van der Waals surface area contributed by atoms with Crippen LogP contribution in [0.2, 0.25) is 0 Å². The molecule has 0 bridgehead atoms. The summed E-state index contributed by atoms with van der Waals surface area (Å²) in [6, 6.07) is 19.6. The van der Waals surface area contributed by atoms with E-state index >= 15 is 0 Å². The molecule has 1 heterocycles. The van der Waals surface area contributed by atoms with E-state index in [1.807, 2.05) is 19.1 Å². The summed E-state index contributed by atoms with van der Waals surface area (Å²) in [6.45, 7) is 2.24. The molecular formula is C23H15BrN2O3. The second-order valence-electron chi connectivity index (χ2n) is 6.75. The molecule has 29 heavy (non-hydrogen) atoms. The van der Waals surface area contributed by atoms with Crippen molar-refractivity contribution in [3.8, 4) is 6.07 Å². The Morgan fingerprint density at radius 1 is 1.07 bits per heavy atom. The molecule has 5 nitrogen and oxygen atoms in total. The van der Waals surface area contributed by atoms with Crippen LogP contribution in [0.1, 0.15) is 32.6 Å². The van der Waals surface area contributed by atoms with Gasteiger partial charge in [-0.3, -0.25) is 9.36 Å². The lowest BCUT2D eigenvalue weighted by molar-refractivity contribution is 0.103. The third-order valence-electron chi connectivity index (χ3n) is 4.75. The summed E-state index contributed by atoms with van der Waals surface area (Å²) in [6.07, 6.45) is 0. The van der Waals surface area contributed by atoms with E-state index in [2.05, 4.69) is 22.0 Å². The molecule has 0 unspecified atom stereocenters. The molecule has 0 atom stereocenters. The third kappa shape index (κ3) is 3.65. The van der Waals surface area contributed by atoms with Gasteiger partial charge in [-0.2, -0.15) is 5.26 Å². The number of rotatable bonds is 4. The topological polar surface area (TPSA) is 76.0 Å². The highest BCUT2D eigenvalue weighted by molar-refractivity contribution is 9.10. The highest BCUT2D eigenvalue weighted by Gasteiger charge is 2.15. The molecule has 0 N–H and O–H groups in total. The minimum Gasteiger partial charge on any atom is -0.408 e. The van der Waals surface area contributed by atoms with Crippen molar-refractivity contribution in [2.75, 3.05) is 0 Å². The summed E-state index contributed by atoms with van der Waals surface area (Å²) in [4.78, 5) is 25.1. The Bertz CT molecular complexity index is 1340. The van der Waals surface area contributed by atoms with Gasteiger partial charge in [0.05, 0.1) is 23.7 Å². The summed E-state index contributed by atoms with van der Waals surface area (Å²) in [7, 11) is 0. The summed E-state index contributed by atoms with van der Waals surface area (Å²) >= 11 is 3.44. The number of oxazole rings is 1. The van der Waals surface area contributed by atoms with Gasteiger partial charge in [0.25, 0.3) is 0 Å². The number of carbonyl (C=O) groups excluding carboxylic acids is 1. The Labute approximate surface area is 174 Å². The zero-order valence-electron chi connectivity index (χ0n) is 15.5. The Morgan fingerprint density at radius 3 is 2.48 bits per heavy atom. The van der Waals surface area contributed by atoms with Crippen molar-refractivity contribution in [2.45, 2.75) is 13.5 Å². The minimum atomic E-state index is -0.504. The quantitative estimate of drug-likeness (QED) is 0.421. The van der Waals surface area contributed by atoms with Crippen molar-refractivity contribution in [1.29, 1.82) is 5.26 Å². The number of ketones is 1. The van der Waals surface area contributed by atoms with Gasteiger partial charge in [-0.15, -0.1) is 0 Å². The Hall–Kier alpha value is -3.43. The van der Waals surface area contributed by atoms with Crippen LogP contribution in [0.4, 0.5) is 0 Å². The first-order valence-electron chi connectivity index (χ1n) is 8.89. The van der Waals surface area contributed by atoms with Gasteiger partial charge in [0, 0.05) is 15.6 Å². The van der Waals surface area contributed by atoms with Crippen molar-refractivity contribution >= 4 is 32.8 Å². The molecule has 0 fully saturated rings. The van der Waals surface area contributed by atoms with Gasteiger partial charge in [0.2, 0.25) is 0 Å². The number of nitriles is 1. The average molecular weight is 447 g/mol. The van der Waals surface area contributed by atoms with E-state index in [1.165, 1.54) is 4.57 Å². The lowest BCUT2D eigenvalue weighted by Gasteiger charge is -2.06. The van der Waals surface area contributed by atoms with Gasteiger partial charge in [0.15, 0.2) is 11.4 Å². The van der Waals surface area contributed by atoms with E-state index in [9.17, 15) is 9.59 Å². The number of fused-ring (bicyclic) bond motifs is 1. The third-order valence-corrected chi connectivity index (χ3v) is 5.49. The Kier molecular flexibility index (Phi) is 4.91. The van der Waals surface area contributed by atoms with Crippen molar-refractivity contribution in [3.05, 3.63) is 104 Å². The van der Waals surface area contributed by atoms with Crippen LogP contribution in [0.5, 0.6) is 0 Å². The van der Waals surface area contributed by atoms with E-state index in [0.29, 0.717) is 27.8 Å². The van der Waals surface area contributed by atoms with Crippen LogP contribution < -0.4 is 5.76 Å². The molecule has 0 radical (unpaired) electrons. The number of hydrogen-bond donors (Lipinski definition) is 0. The van der Waals surface area contributed by atoms with Crippen LogP contribution in [-0.2, 0) is 6.54 Å². The number of aryl methyl sites for hydroxylation is 1. The van der Waals surface area contributed by atoms with Crippen LogP contribution >= 0.6 is 15.9 Å². The molecule has 4 aromatic rings. The molecule has 0 aliphatic carbocycles. The molecule has 1 aromatic heterocycles. The van der Waals surface area contributed by atoms with Gasteiger partial charge in [-0.05, 0) is 42.8 Å². The van der Waals surface area contributed by atoms with E-state index in [-0.39, 0.29) is 12.3 Å². The largest absolute Gasteiger partial charge is 0.420 e. The summed E-state index contributed by atoms with van der Waals surface area (Å²) < 4.78 is 7.63. The number of hydrogen-bond acceptors (Lipinski definition) is 4. The highest BCUT2D eigenvalue weighted by Crippen LogP contribution is 2.23. The standard InChI is InChI=1S/C23H15BrN2O3/c1-14-2-5-16(6-3-14)22(27)17-8-9-20-21(11-17)29-23(28)26(20)13-18-7-4-15(12-25)10-19(18)24/h2-11H,13H2,1H3. The van der Waals surface area contributed by atoms with Crippen LogP contribution in [0.3, 0.4) is 0 Å². The molecule has 0 aliphatic heterocycles. The van der Waals surface area contributed by atoms with Gasteiger partial charge in [-0.1, -0.05) is 51.8 Å². The lowest BCUT2D eigenvalue weighted by atomic mass is 10.0. The number of benzene rings is 3. The van der Waals surface area contributed by atoms with Crippen molar-refractivity contribution < 1.29 is 9.21 Å². The smallest absolute Gasteiger partial charge is 0.408 e. The summed E-state index contributed by atoms with van der Waals surface area (Å²) in [5.74, 6) is -0.631. The zero-order chi connectivity index (χ0) is 20.5. The fraction of sp³-hybridized carbons (Fsp3) is 0.0870. The maximum Gasteiger partial charge on any atom is 0.420 e. The van der Waals surface area contributed by atoms with E-state index in [0.717, 1.165) is 15.6 Å². The first-order chi connectivity index (χ1) is 14.0. The first kappa shape index (κ1) is 18.9. The fourth-order valence-corrected chi connectivity index (χ4v) is 3.65.